The molecule has 4 aliphatic rings. The largest absolute Gasteiger partial charge is 0.490 e. The molecule has 7 atom stereocenters. The Bertz CT molecular complexity index is 1130. The molecule has 0 aliphatic carbocycles. The summed E-state index contributed by atoms with van der Waals surface area (Å²) in [5, 5.41) is 20.7. The highest BCUT2D eigenvalue weighted by atomic mass is 31.3. The van der Waals surface area contributed by atoms with Gasteiger partial charge in [0.15, 0.2) is 11.9 Å². The molecule has 5 heterocycles. The van der Waals surface area contributed by atoms with Gasteiger partial charge in [0.05, 0.1) is 19.3 Å². The second kappa shape index (κ2) is 8.12. The lowest BCUT2D eigenvalue weighted by Crippen LogP contribution is -2.44. The van der Waals surface area contributed by atoms with Crippen LogP contribution < -0.4 is 10.6 Å². The number of nitrogens with two attached hydrogens (primary N) is 1. The Morgan fingerprint density at radius 3 is 2.42 bits per heavy atom. The van der Waals surface area contributed by atoms with Crippen molar-refractivity contribution in [3.63, 3.8) is 0 Å². The molecule has 0 spiro atoms. The van der Waals surface area contributed by atoms with Gasteiger partial charge in [0.1, 0.15) is 29.8 Å². The van der Waals surface area contributed by atoms with Crippen LogP contribution in [0.4, 0.5) is 5.82 Å². The molecule has 0 amide bonds. The standard InChI is InChI=1S/C12H18N5O13P3/c13-12-1-2-16(5-15-12)10-9(12)14-4-17(10)11-8(19)7(18)6(28-11)3-27-32(23,24)30-33(25,26)29-31(20,21)22/h1-2,4-8,11,18-19H,3,13H2,(H,23,24)(H,25,26)(H2,20,21,22)/t6-,7-,8-,11-,12?/m1/s1. The fourth-order valence-electron chi connectivity index (χ4n) is 3.35. The van der Waals surface area contributed by atoms with E-state index in [1.165, 1.54) is 17.2 Å². The Kier molecular flexibility index (Phi) is 6.10. The smallest absolute Gasteiger partial charge is 0.387 e. The predicted molar refractivity (Wildman–Crippen MR) is 104 cm³/mol. The highest BCUT2D eigenvalue weighted by molar-refractivity contribution is 7.66. The second-order valence-electron chi connectivity index (χ2n) is 7.05. The van der Waals surface area contributed by atoms with Gasteiger partial charge in [0.2, 0.25) is 0 Å². The van der Waals surface area contributed by atoms with Crippen molar-refractivity contribution in [2.24, 2.45) is 10.7 Å². The summed E-state index contributed by atoms with van der Waals surface area (Å²) in [7, 11) is -16.7. The number of aliphatic hydroxyl groups is 2. The number of hydrogen-bond donors (Lipinski definition) is 7. The van der Waals surface area contributed by atoms with Crippen LogP contribution in [0.1, 0.15) is 11.9 Å². The SMILES string of the molecule is NC12C=CN(C=N1)c1c2ncn1[C@@H]1O[C@H](COP(=O)(O)OP(=O)(O)OP(=O)(O)O)[C@@H](O)[C@H]1O. The van der Waals surface area contributed by atoms with Crippen LogP contribution in [-0.4, -0.2) is 70.6 Å². The number of ether oxygens (including phenoxy) is 1. The van der Waals surface area contributed by atoms with Crippen LogP contribution in [-0.2, 0) is 37.2 Å². The van der Waals surface area contributed by atoms with Crippen molar-refractivity contribution >= 4 is 35.6 Å². The van der Waals surface area contributed by atoms with Gasteiger partial charge < -0.3 is 34.5 Å². The first-order valence-corrected chi connectivity index (χ1v) is 13.3. The minimum absolute atomic E-state index is 0.342. The molecule has 2 bridgehead atoms. The van der Waals surface area contributed by atoms with Crippen molar-refractivity contribution < 1.29 is 61.4 Å². The quantitative estimate of drug-likeness (QED) is 0.184. The lowest BCUT2D eigenvalue weighted by Gasteiger charge is -2.35. The number of aliphatic imine (C=N–C) groups is 1. The van der Waals surface area contributed by atoms with E-state index in [0.717, 1.165) is 0 Å². The summed E-state index contributed by atoms with van der Waals surface area (Å²) in [4.78, 5) is 45.6. The molecule has 3 unspecified atom stereocenters. The molecule has 0 saturated carbocycles. The van der Waals surface area contributed by atoms with Gasteiger partial charge in [-0.3, -0.25) is 19.7 Å². The minimum atomic E-state index is -5.70. The summed E-state index contributed by atoms with van der Waals surface area (Å²) in [6.07, 6.45) is -0.0226. The van der Waals surface area contributed by atoms with Gasteiger partial charge in [-0.2, -0.15) is 8.62 Å². The molecule has 0 aromatic carbocycles. The van der Waals surface area contributed by atoms with Crippen molar-refractivity contribution in [1.82, 2.24) is 9.55 Å². The molecular weight excluding hydrogens is 515 g/mol. The van der Waals surface area contributed by atoms with E-state index in [9.17, 15) is 28.8 Å². The van der Waals surface area contributed by atoms with Gasteiger partial charge in [0, 0.05) is 6.20 Å². The second-order valence-corrected chi connectivity index (χ2v) is 11.5. The normalized spacial score (nSPS) is 34.3. The molecule has 18 nitrogen and oxygen atoms in total. The molecule has 184 valence electrons. The number of aromatic nitrogens is 2. The number of phosphoric acid groups is 3. The highest BCUT2D eigenvalue weighted by Crippen LogP contribution is 2.66. The zero-order valence-corrected chi connectivity index (χ0v) is 18.8. The molecule has 4 aliphatic heterocycles. The Morgan fingerprint density at radius 1 is 1.12 bits per heavy atom. The van der Waals surface area contributed by atoms with E-state index in [1.54, 1.807) is 17.2 Å². The summed E-state index contributed by atoms with van der Waals surface area (Å²) >= 11 is 0. The number of phosphoric ester groups is 1. The third-order valence-corrected chi connectivity index (χ3v) is 8.51. The molecular formula is C12H18N5O13P3. The summed E-state index contributed by atoms with van der Waals surface area (Å²) in [5.74, 6) is 0.389. The Morgan fingerprint density at radius 2 is 1.82 bits per heavy atom. The average Bonchev–Trinajstić information content (AvgIpc) is 3.22. The number of rotatable bonds is 8. The van der Waals surface area contributed by atoms with Crippen molar-refractivity contribution in [2.45, 2.75) is 30.2 Å². The van der Waals surface area contributed by atoms with E-state index in [2.05, 4.69) is 23.1 Å². The number of imidazole rings is 1. The maximum Gasteiger partial charge on any atom is 0.490 e. The van der Waals surface area contributed by atoms with Crippen LogP contribution in [0.3, 0.4) is 0 Å². The average molecular weight is 533 g/mol. The van der Waals surface area contributed by atoms with Crippen LogP contribution in [0, 0.1) is 0 Å². The van der Waals surface area contributed by atoms with Crippen molar-refractivity contribution in [2.75, 3.05) is 11.5 Å². The van der Waals surface area contributed by atoms with Gasteiger partial charge >= 0.3 is 23.5 Å². The lowest BCUT2D eigenvalue weighted by molar-refractivity contribution is -0.0512. The molecule has 1 saturated heterocycles. The molecule has 0 radical (unpaired) electrons. The first kappa shape index (κ1) is 24.8. The number of anilines is 1. The van der Waals surface area contributed by atoms with Gasteiger partial charge in [-0.25, -0.2) is 23.7 Å². The maximum atomic E-state index is 11.9. The fraction of sp³-hybridized carbons (Fsp3) is 0.500. The van der Waals surface area contributed by atoms with Crippen LogP contribution >= 0.6 is 23.5 Å². The van der Waals surface area contributed by atoms with Crippen molar-refractivity contribution in [1.29, 1.82) is 0 Å². The van der Waals surface area contributed by atoms with Crippen LogP contribution in [0.5, 0.6) is 0 Å². The first-order chi connectivity index (χ1) is 15.1. The van der Waals surface area contributed by atoms with Crippen LogP contribution in [0.15, 0.2) is 23.6 Å². The van der Waals surface area contributed by atoms with Crippen molar-refractivity contribution in [3.8, 4) is 0 Å². The minimum Gasteiger partial charge on any atom is -0.387 e. The van der Waals surface area contributed by atoms with E-state index in [4.69, 9.17) is 25.2 Å². The zero-order chi connectivity index (χ0) is 24.4. The summed E-state index contributed by atoms with van der Waals surface area (Å²) < 4.78 is 52.5. The van der Waals surface area contributed by atoms with Crippen LogP contribution in [0.2, 0.25) is 0 Å². The Labute approximate surface area is 184 Å². The van der Waals surface area contributed by atoms with E-state index in [-0.39, 0.29) is 0 Å². The Balaban J connectivity index is 1.45. The fourth-order valence-corrected chi connectivity index (χ4v) is 6.38. The van der Waals surface area contributed by atoms with Crippen molar-refractivity contribution in [3.05, 3.63) is 24.3 Å². The molecule has 1 aromatic rings. The predicted octanol–water partition coefficient (Wildman–Crippen LogP) is -1.67. The van der Waals surface area contributed by atoms with Gasteiger partial charge in [-0.15, -0.1) is 0 Å². The van der Waals surface area contributed by atoms with Gasteiger partial charge in [-0.1, -0.05) is 0 Å². The third kappa shape index (κ3) is 4.91. The van der Waals surface area contributed by atoms with E-state index < -0.39 is 60.3 Å². The first-order valence-electron chi connectivity index (χ1n) is 8.80. The lowest BCUT2D eigenvalue weighted by atomic mass is 10.0. The maximum absolute atomic E-state index is 11.9. The van der Waals surface area contributed by atoms with Gasteiger partial charge in [0.25, 0.3) is 0 Å². The molecule has 1 aromatic heterocycles. The number of hydrogen-bond acceptors (Lipinski definition) is 13. The Hall–Kier alpha value is -1.33. The molecule has 33 heavy (non-hydrogen) atoms. The molecule has 21 heteroatoms. The summed E-state index contributed by atoms with van der Waals surface area (Å²) in [6, 6.07) is 0. The van der Waals surface area contributed by atoms with Gasteiger partial charge in [-0.05, 0) is 6.08 Å². The monoisotopic (exact) mass is 533 g/mol. The van der Waals surface area contributed by atoms with Crippen LogP contribution in [0.25, 0.3) is 0 Å². The zero-order valence-electron chi connectivity index (χ0n) is 16.1. The highest BCUT2D eigenvalue weighted by Gasteiger charge is 2.49. The molecule has 5 rings (SSSR count). The van der Waals surface area contributed by atoms with E-state index >= 15 is 0 Å². The van der Waals surface area contributed by atoms with E-state index in [1.807, 2.05) is 0 Å². The number of nitrogens with zero attached hydrogens (tertiary/aromatic N) is 4. The molecule has 1 fully saturated rings. The molecule has 8 N–H and O–H groups in total. The third-order valence-electron chi connectivity index (χ3n) is 4.71. The summed E-state index contributed by atoms with van der Waals surface area (Å²) in [6.45, 7) is -0.943. The van der Waals surface area contributed by atoms with E-state index in [0.29, 0.717) is 11.5 Å². The summed E-state index contributed by atoms with van der Waals surface area (Å²) in [5.41, 5.74) is 5.27. The topological polar surface area (TPSA) is 269 Å². The number of aliphatic hydroxyl groups excluding tert-OH is 2.